The van der Waals surface area contributed by atoms with E-state index in [1.165, 1.54) is 11.9 Å². The van der Waals surface area contributed by atoms with Crippen LogP contribution in [0.1, 0.15) is 38.5 Å². The summed E-state index contributed by atoms with van der Waals surface area (Å²) in [6.07, 6.45) is 4.69. The molecular weight excluding hydrogens is 535 g/mol. The number of amides is 2. The Labute approximate surface area is 235 Å². The van der Waals surface area contributed by atoms with Crippen LogP contribution in [0.3, 0.4) is 0 Å². The van der Waals surface area contributed by atoms with Gasteiger partial charge in [0.2, 0.25) is 16.9 Å². The number of hydrogen-bond donors (Lipinski definition) is 1. The molecule has 0 spiro atoms. The first-order valence-corrected chi connectivity index (χ1v) is 14.2. The number of aliphatic carboxylic acids is 1. The summed E-state index contributed by atoms with van der Waals surface area (Å²) in [6, 6.07) is 10.9. The number of thiazole rings is 1. The summed E-state index contributed by atoms with van der Waals surface area (Å²) in [5.74, 6) is -1.33. The molecule has 210 valence electrons. The van der Waals surface area contributed by atoms with E-state index < -0.39 is 22.9 Å². The summed E-state index contributed by atoms with van der Waals surface area (Å²) < 4.78 is 20.8. The summed E-state index contributed by atoms with van der Waals surface area (Å²) in [5.41, 5.74) is 2.09. The molecule has 2 saturated heterocycles. The number of carboxylic acids is 1. The van der Waals surface area contributed by atoms with Crippen LogP contribution in [0.2, 0.25) is 0 Å². The van der Waals surface area contributed by atoms with Crippen molar-refractivity contribution in [1.29, 1.82) is 0 Å². The maximum absolute atomic E-state index is 15.4. The second-order valence-electron chi connectivity index (χ2n) is 10.2. The Kier molecular flexibility index (Phi) is 8.51. The Balaban J connectivity index is 1.39. The summed E-state index contributed by atoms with van der Waals surface area (Å²) in [4.78, 5) is 48.9. The zero-order valence-electron chi connectivity index (χ0n) is 22.2. The van der Waals surface area contributed by atoms with Crippen LogP contribution in [0, 0.1) is 17.0 Å². The lowest BCUT2D eigenvalue weighted by atomic mass is 9.86. The number of carboxylic acid groups (broad SMARTS) is 1. The first kappa shape index (κ1) is 27.9. The van der Waals surface area contributed by atoms with Crippen molar-refractivity contribution < 1.29 is 28.6 Å². The highest BCUT2D eigenvalue weighted by molar-refractivity contribution is 7.14. The Bertz CT molecular complexity index is 1390. The van der Waals surface area contributed by atoms with Crippen LogP contribution in [0.4, 0.5) is 15.3 Å². The number of hydrogen-bond acceptors (Lipinski definition) is 7. The highest BCUT2D eigenvalue weighted by Gasteiger charge is 2.31. The van der Waals surface area contributed by atoms with Gasteiger partial charge in [-0.1, -0.05) is 35.6 Å². The van der Waals surface area contributed by atoms with E-state index in [4.69, 9.17) is 4.74 Å². The van der Waals surface area contributed by atoms with Crippen molar-refractivity contribution in [2.24, 2.45) is 11.8 Å². The number of ether oxygens (including phenoxy) is 1. The SMILES string of the molecule is CN(C(=O)[C@@H](CC(=O)O)CC1CCOCC1)c1nc(-c2ccccc2-c2ccc(N3CCCC3=O)nc2)c(F)s1. The number of halogens is 1. The van der Waals surface area contributed by atoms with Crippen molar-refractivity contribution in [2.75, 3.05) is 36.6 Å². The third-order valence-electron chi connectivity index (χ3n) is 7.51. The van der Waals surface area contributed by atoms with E-state index in [1.54, 1.807) is 29.3 Å². The second-order valence-corrected chi connectivity index (χ2v) is 11.1. The molecule has 0 saturated carbocycles. The zero-order valence-corrected chi connectivity index (χ0v) is 23.0. The van der Waals surface area contributed by atoms with E-state index in [0.29, 0.717) is 49.5 Å². The molecule has 1 atom stereocenters. The van der Waals surface area contributed by atoms with Crippen LogP contribution in [0.15, 0.2) is 42.6 Å². The molecule has 2 amide bonds. The van der Waals surface area contributed by atoms with Gasteiger partial charge in [-0.2, -0.15) is 4.39 Å². The van der Waals surface area contributed by atoms with Gasteiger partial charge in [-0.25, -0.2) is 9.97 Å². The molecule has 11 heteroatoms. The van der Waals surface area contributed by atoms with Crippen LogP contribution < -0.4 is 9.80 Å². The second kappa shape index (κ2) is 12.2. The van der Waals surface area contributed by atoms with Gasteiger partial charge in [-0.3, -0.25) is 24.2 Å². The van der Waals surface area contributed by atoms with Crippen LogP contribution in [-0.2, 0) is 19.1 Å². The third kappa shape index (κ3) is 6.05. The molecule has 1 aromatic carbocycles. The van der Waals surface area contributed by atoms with E-state index in [-0.39, 0.29) is 29.1 Å². The normalized spacial score (nSPS) is 16.8. The zero-order chi connectivity index (χ0) is 28.2. The van der Waals surface area contributed by atoms with Gasteiger partial charge in [0.1, 0.15) is 11.5 Å². The summed E-state index contributed by atoms with van der Waals surface area (Å²) in [7, 11) is 1.51. The van der Waals surface area contributed by atoms with Gasteiger partial charge in [0, 0.05) is 56.5 Å². The Morgan fingerprint density at radius 3 is 2.60 bits per heavy atom. The molecule has 0 radical (unpaired) electrons. The predicted octanol–water partition coefficient (Wildman–Crippen LogP) is 5.01. The number of anilines is 2. The number of pyridine rings is 1. The van der Waals surface area contributed by atoms with Gasteiger partial charge in [0.25, 0.3) is 0 Å². The number of aromatic nitrogens is 2. The van der Waals surface area contributed by atoms with Crippen molar-refractivity contribution >= 4 is 40.1 Å². The van der Waals surface area contributed by atoms with E-state index in [9.17, 15) is 19.5 Å². The van der Waals surface area contributed by atoms with Crippen molar-refractivity contribution in [3.63, 3.8) is 0 Å². The van der Waals surface area contributed by atoms with Gasteiger partial charge in [0.05, 0.1) is 6.42 Å². The summed E-state index contributed by atoms with van der Waals surface area (Å²) >= 11 is 0.751. The monoisotopic (exact) mass is 566 g/mol. The minimum Gasteiger partial charge on any atom is -0.481 e. The Morgan fingerprint density at radius 2 is 1.95 bits per heavy atom. The molecule has 2 fully saturated rings. The predicted molar refractivity (Wildman–Crippen MR) is 150 cm³/mol. The molecular formula is C29H31FN4O5S. The van der Waals surface area contributed by atoms with E-state index >= 15 is 4.39 Å². The highest BCUT2D eigenvalue weighted by atomic mass is 32.1. The lowest BCUT2D eigenvalue weighted by molar-refractivity contribution is -0.141. The number of carbonyl (C=O) groups is 3. The van der Waals surface area contributed by atoms with Crippen LogP contribution >= 0.6 is 11.3 Å². The third-order valence-corrected chi connectivity index (χ3v) is 8.43. The van der Waals surface area contributed by atoms with Crippen molar-refractivity contribution in [1.82, 2.24) is 9.97 Å². The van der Waals surface area contributed by atoms with Crippen LogP contribution in [0.25, 0.3) is 22.4 Å². The van der Waals surface area contributed by atoms with E-state index in [1.807, 2.05) is 18.2 Å². The molecule has 0 bridgehead atoms. The fourth-order valence-electron chi connectivity index (χ4n) is 5.37. The van der Waals surface area contributed by atoms with E-state index in [2.05, 4.69) is 9.97 Å². The lowest BCUT2D eigenvalue weighted by Crippen LogP contribution is -2.35. The molecule has 40 heavy (non-hydrogen) atoms. The fraction of sp³-hybridized carbons (Fsp3) is 0.414. The summed E-state index contributed by atoms with van der Waals surface area (Å²) in [6.45, 7) is 1.84. The van der Waals surface area contributed by atoms with Gasteiger partial charge >= 0.3 is 5.97 Å². The first-order chi connectivity index (χ1) is 19.3. The topological polar surface area (TPSA) is 113 Å². The Morgan fingerprint density at radius 1 is 1.20 bits per heavy atom. The molecule has 3 aromatic rings. The molecule has 2 aliphatic heterocycles. The van der Waals surface area contributed by atoms with E-state index in [0.717, 1.165) is 36.2 Å². The maximum atomic E-state index is 15.4. The minimum atomic E-state index is -1.05. The first-order valence-electron chi connectivity index (χ1n) is 13.4. The number of benzene rings is 1. The minimum absolute atomic E-state index is 0.0507. The van der Waals surface area contributed by atoms with Crippen molar-refractivity contribution in [3.8, 4) is 22.4 Å². The molecule has 2 aromatic heterocycles. The van der Waals surface area contributed by atoms with Crippen LogP contribution in [0.5, 0.6) is 0 Å². The molecule has 9 nitrogen and oxygen atoms in total. The molecule has 1 N–H and O–H groups in total. The number of rotatable bonds is 9. The average molecular weight is 567 g/mol. The highest BCUT2D eigenvalue weighted by Crippen LogP contribution is 2.38. The molecule has 4 heterocycles. The maximum Gasteiger partial charge on any atom is 0.304 e. The van der Waals surface area contributed by atoms with Gasteiger partial charge in [-0.05, 0) is 49.3 Å². The number of nitrogens with zero attached hydrogens (tertiary/aromatic N) is 4. The standard InChI is InChI=1S/C29H31FN4O5S/c1-33(28(38)20(16-25(36)37)15-18-10-13-39-14-11-18)29-32-26(27(30)40-29)22-6-3-2-5-21(22)19-8-9-23(31-17-19)34-12-4-7-24(34)35/h2-3,5-6,8-9,17-18,20H,4,7,10-16H2,1H3,(H,36,37)/t20-/m1/s1. The molecule has 0 aliphatic carbocycles. The smallest absolute Gasteiger partial charge is 0.304 e. The Hall–Kier alpha value is -3.70. The molecule has 2 aliphatic rings. The number of carbonyl (C=O) groups excluding carboxylic acids is 2. The van der Waals surface area contributed by atoms with Gasteiger partial charge in [-0.15, -0.1) is 0 Å². The summed E-state index contributed by atoms with van der Waals surface area (Å²) in [5, 5.41) is 9.06. The lowest BCUT2D eigenvalue weighted by Gasteiger charge is -2.27. The largest absolute Gasteiger partial charge is 0.481 e. The molecule has 0 unspecified atom stereocenters. The van der Waals surface area contributed by atoms with Gasteiger partial charge in [0.15, 0.2) is 5.13 Å². The molecule has 5 rings (SSSR count). The van der Waals surface area contributed by atoms with Crippen LogP contribution in [-0.4, -0.2) is 59.7 Å². The fourth-order valence-corrected chi connectivity index (χ4v) is 6.15. The van der Waals surface area contributed by atoms with Gasteiger partial charge < -0.3 is 9.84 Å². The van der Waals surface area contributed by atoms with Crippen molar-refractivity contribution in [3.05, 3.63) is 47.7 Å². The quantitative estimate of drug-likeness (QED) is 0.388. The average Bonchev–Trinajstić information content (AvgIpc) is 3.57. The van der Waals surface area contributed by atoms with Crippen molar-refractivity contribution in [2.45, 2.75) is 38.5 Å².